The molecule has 2 atom stereocenters. The third-order valence-electron chi connectivity index (χ3n) is 17.1. The van der Waals surface area contributed by atoms with Crippen LogP contribution in [0.2, 0.25) is 0 Å². The molecule has 0 aliphatic rings. The summed E-state index contributed by atoms with van der Waals surface area (Å²) in [6.45, 7) is 4.92. The maximum absolute atomic E-state index is 12.4. The third kappa shape index (κ3) is 63.8. The minimum atomic E-state index is -0.837. The summed E-state index contributed by atoms with van der Waals surface area (Å²) < 4.78 is 5.51. The number of hydrogen-bond donors (Lipinski definition) is 3. The van der Waals surface area contributed by atoms with E-state index in [9.17, 15) is 19.8 Å². The minimum Gasteiger partial charge on any atom is -0.466 e. The van der Waals surface area contributed by atoms with Gasteiger partial charge in [-0.15, -0.1) is 0 Å². The molecular weight excluding hydrogens is 959 g/mol. The van der Waals surface area contributed by atoms with E-state index in [4.69, 9.17) is 4.74 Å². The highest BCUT2D eigenvalue weighted by molar-refractivity contribution is 5.76. The van der Waals surface area contributed by atoms with Gasteiger partial charge in [0.1, 0.15) is 0 Å². The Labute approximate surface area is 489 Å². The zero-order chi connectivity index (χ0) is 56.4. The maximum Gasteiger partial charge on any atom is 0.305 e. The summed E-state index contributed by atoms with van der Waals surface area (Å²) in [5, 5.41) is 23.0. The molecule has 3 N–H and O–H groups in total. The number of carbonyl (C=O) groups excluding carboxylic acids is 2. The average molecular weight is 1100 g/mol. The molecule has 6 nitrogen and oxygen atoms in total. The fraction of sp³-hybridized carbons (Fsp3) is 0.944. The molecular formula is C72H141NO5. The van der Waals surface area contributed by atoms with Crippen molar-refractivity contribution in [3.63, 3.8) is 0 Å². The quantitative estimate of drug-likeness (QED) is 0.0320. The zero-order valence-corrected chi connectivity index (χ0v) is 53.2. The van der Waals surface area contributed by atoms with Crippen molar-refractivity contribution in [3.05, 3.63) is 12.2 Å². The van der Waals surface area contributed by atoms with Crippen molar-refractivity contribution < 1.29 is 24.5 Å². The molecule has 0 radical (unpaired) electrons. The van der Waals surface area contributed by atoms with Crippen LogP contribution in [0.3, 0.4) is 0 Å². The van der Waals surface area contributed by atoms with Crippen molar-refractivity contribution in [2.45, 2.75) is 424 Å². The Morgan fingerprint density at radius 3 is 0.872 bits per heavy atom. The standard InChI is InChI=1S/C72H141NO5/c1-3-5-7-9-11-13-14-15-16-36-40-43-46-50-54-58-62-66-72(77)78-67-63-59-55-51-47-44-41-38-35-33-31-29-27-25-23-21-19-17-18-20-22-24-26-28-30-32-34-37-39-42-45-49-53-57-61-65-71(76)73-69(68-74)70(75)64-60-56-52-48-12-10-8-6-4-2/h60,64,69-70,74-75H,3-59,61-63,65-68H2,1-2H3,(H,73,76)/b64-60+. The van der Waals surface area contributed by atoms with Crippen molar-refractivity contribution in [1.29, 1.82) is 0 Å². The second-order valence-electron chi connectivity index (χ2n) is 24.9. The molecule has 0 aliphatic heterocycles. The maximum atomic E-state index is 12.4. The summed E-state index contributed by atoms with van der Waals surface area (Å²) in [6, 6.07) is -0.621. The molecule has 0 aromatic rings. The number of amides is 1. The number of nitrogens with one attached hydrogen (secondary N) is 1. The fourth-order valence-electron chi connectivity index (χ4n) is 11.6. The molecule has 464 valence electrons. The first kappa shape index (κ1) is 76.6. The minimum absolute atomic E-state index is 0.0271. The number of aliphatic hydroxyl groups excluding tert-OH is 2. The Kier molecular flexibility index (Phi) is 66.9. The van der Waals surface area contributed by atoms with Gasteiger partial charge < -0.3 is 20.3 Å². The van der Waals surface area contributed by atoms with E-state index in [2.05, 4.69) is 19.2 Å². The molecule has 1 amide bonds. The van der Waals surface area contributed by atoms with Crippen LogP contribution < -0.4 is 5.32 Å². The van der Waals surface area contributed by atoms with Gasteiger partial charge in [-0.3, -0.25) is 9.59 Å². The molecule has 6 heteroatoms. The van der Waals surface area contributed by atoms with Crippen LogP contribution in [0.25, 0.3) is 0 Å². The lowest BCUT2D eigenvalue weighted by molar-refractivity contribution is -0.143. The summed E-state index contributed by atoms with van der Waals surface area (Å²) in [5.41, 5.74) is 0. The predicted molar refractivity (Wildman–Crippen MR) is 343 cm³/mol. The summed E-state index contributed by atoms with van der Waals surface area (Å²) >= 11 is 0. The number of esters is 1. The van der Waals surface area contributed by atoms with E-state index < -0.39 is 12.1 Å². The number of ether oxygens (including phenoxy) is 1. The molecule has 0 saturated heterocycles. The number of unbranched alkanes of at least 4 members (excludes halogenated alkanes) is 57. The fourth-order valence-corrected chi connectivity index (χ4v) is 11.6. The van der Waals surface area contributed by atoms with Gasteiger partial charge in [0.2, 0.25) is 5.91 Å². The Morgan fingerprint density at radius 2 is 0.590 bits per heavy atom. The van der Waals surface area contributed by atoms with Crippen molar-refractivity contribution in [2.24, 2.45) is 0 Å². The Balaban J connectivity index is 3.26. The smallest absolute Gasteiger partial charge is 0.305 e. The van der Waals surface area contributed by atoms with Crippen LogP contribution in [-0.4, -0.2) is 47.4 Å². The van der Waals surface area contributed by atoms with Gasteiger partial charge in [-0.2, -0.15) is 0 Å². The summed E-state index contributed by atoms with van der Waals surface area (Å²) in [5.74, 6) is -0.0363. The van der Waals surface area contributed by atoms with Crippen LogP contribution in [0.15, 0.2) is 12.2 Å². The molecule has 0 aliphatic carbocycles. The molecule has 0 spiro atoms. The van der Waals surface area contributed by atoms with Gasteiger partial charge in [-0.1, -0.05) is 379 Å². The van der Waals surface area contributed by atoms with E-state index in [-0.39, 0.29) is 18.5 Å². The van der Waals surface area contributed by atoms with Crippen molar-refractivity contribution in [3.8, 4) is 0 Å². The van der Waals surface area contributed by atoms with E-state index in [1.54, 1.807) is 6.08 Å². The first-order valence-electron chi connectivity index (χ1n) is 36.0. The van der Waals surface area contributed by atoms with E-state index in [1.807, 2.05) is 6.08 Å². The summed E-state index contributed by atoms with van der Waals surface area (Å²) in [7, 11) is 0. The van der Waals surface area contributed by atoms with Crippen molar-refractivity contribution in [1.82, 2.24) is 5.32 Å². The first-order valence-corrected chi connectivity index (χ1v) is 36.0. The van der Waals surface area contributed by atoms with Gasteiger partial charge >= 0.3 is 5.97 Å². The van der Waals surface area contributed by atoms with Crippen molar-refractivity contribution >= 4 is 11.9 Å². The van der Waals surface area contributed by atoms with Gasteiger partial charge in [0, 0.05) is 12.8 Å². The molecule has 0 saturated carbocycles. The summed E-state index contributed by atoms with van der Waals surface area (Å²) in [6.07, 6.45) is 84.7. The van der Waals surface area contributed by atoms with Crippen LogP contribution in [0.5, 0.6) is 0 Å². The number of carbonyl (C=O) groups is 2. The highest BCUT2D eigenvalue weighted by atomic mass is 16.5. The van der Waals surface area contributed by atoms with Crippen LogP contribution in [0, 0.1) is 0 Å². The van der Waals surface area contributed by atoms with Gasteiger partial charge in [-0.25, -0.2) is 0 Å². The van der Waals surface area contributed by atoms with E-state index >= 15 is 0 Å². The second kappa shape index (κ2) is 68.1. The predicted octanol–water partition coefficient (Wildman–Crippen LogP) is 23.1. The third-order valence-corrected chi connectivity index (χ3v) is 17.1. The molecule has 0 aromatic carbocycles. The Morgan fingerprint density at radius 1 is 0.346 bits per heavy atom. The highest BCUT2D eigenvalue weighted by Crippen LogP contribution is 2.19. The topological polar surface area (TPSA) is 95.9 Å². The van der Waals surface area contributed by atoms with Gasteiger partial charge in [0.15, 0.2) is 0 Å². The number of rotatable bonds is 68. The Bertz CT molecular complexity index is 1180. The highest BCUT2D eigenvalue weighted by Gasteiger charge is 2.18. The lowest BCUT2D eigenvalue weighted by atomic mass is 10.0. The monoisotopic (exact) mass is 1100 g/mol. The molecule has 78 heavy (non-hydrogen) atoms. The molecule has 0 aromatic heterocycles. The number of allylic oxidation sites excluding steroid dienone is 1. The average Bonchev–Trinajstić information content (AvgIpc) is 3.44. The SMILES string of the molecule is CCCCCCCCC/C=C/C(O)C(CO)NC(=O)CCCCCCCCCCCCCCCCCCCCCCCCCCCCCCCCCCCCCOC(=O)CCCCCCCCCCCCCCCCCCC. The molecule has 0 rings (SSSR count). The second-order valence-corrected chi connectivity index (χ2v) is 24.9. The van der Waals surface area contributed by atoms with Gasteiger partial charge in [-0.05, 0) is 32.1 Å². The van der Waals surface area contributed by atoms with Crippen LogP contribution in [0.4, 0.5) is 0 Å². The van der Waals surface area contributed by atoms with Crippen LogP contribution in [0.1, 0.15) is 412 Å². The van der Waals surface area contributed by atoms with E-state index in [1.165, 1.54) is 347 Å². The lowest BCUT2D eigenvalue weighted by Crippen LogP contribution is -2.45. The van der Waals surface area contributed by atoms with E-state index in [0.29, 0.717) is 19.4 Å². The largest absolute Gasteiger partial charge is 0.466 e. The molecule has 0 bridgehead atoms. The normalized spacial score (nSPS) is 12.5. The molecule has 2 unspecified atom stereocenters. The van der Waals surface area contributed by atoms with Gasteiger partial charge in [0.05, 0.1) is 25.4 Å². The molecule has 0 fully saturated rings. The molecule has 0 heterocycles. The van der Waals surface area contributed by atoms with Crippen LogP contribution >= 0.6 is 0 Å². The van der Waals surface area contributed by atoms with Gasteiger partial charge in [0.25, 0.3) is 0 Å². The Hall–Kier alpha value is -1.40. The number of aliphatic hydroxyl groups is 2. The van der Waals surface area contributed by atoms with Crippen LogP contribution in [-0.2, 0) is 14.3 Å². The lowest BCUT2D eigenvalue weighted by Gasteiger charge is -2.20. The van der Waals surface area contributed by atoms with Crippen molar-refractivity contribution in [2.75, 3.05) is 13.2 Å². The summed E-state index contributed by atoms with van der Waals surface area (Å²) in [4.78, 5) is 24.5. The number of hydrogen-bond acceptors (Lipinski definition) is 5. The zero-order valence-electron chi connectivity index (χ0n) is 53.2. The first-order chi connectivity index (χ1) is 38.5. The van der Waals surface area contributed by atoms with E-state index in [0.717, 1.165) is 38.5 Å².